The molecule has 6 heteroatoms. The van der Waals surface area contributed by atoms with E-state index >= 15 is 0 Å². The summed E-state index contributed by atoms with van der Waals surface area (Å²) >= 11 is 0. The first kappa shape index (κ1) is 11.8. The van der Waals surface area contributed by atoms with Crippen molar-refractivity contribution in [2.75, 3.05) is 11.9 Å². The van der Waals surface area contributed by atoms with Crippen LogP contribution < -0.4 is 5.32 Å². The number of carbonyl (C=O) groups is 1. The minimum atomic E-state index is -1.11. The molecule has 1 aromatic heterocycles. The average molecular weight is 239 g/mol. The van der Waals surface area contributed by atoms with Crippen LogP contribution in [0.5, 0.6) is 0 Å². The lowest BCUT2D eigenvalue weighted by atomic mass is 9.80. The van der Waals surface area contributed by atoms with Gasteiger partial charge in [0.2, 0.25) is 0 Å². The van der Waals surface area contributed by atoms with E-state index in [4.69, 9.17) is 5.11 Å². The Morgan fingerprint density at radius 1 is 1.47 bits per heavy atom. The van der Waals surface area contributed by atoms with Gasteiger partial charge in [0, 0.05) is 6.54 Å². The zero-order valence-corrected chi connectivity index (χ0v) is 9.32. The molecule has 0 radical (unpaired) electrons. The Balaban J connectivity index is 1.80. The molecule has 5 nitrogen and oxygen atoms in total. The van der Waals surface area contributed by atoms with Gasteiger partial charge in [0.05, 0.1) is 12.4 Å². The maximum absolute atomic E-state index is 13.6. The highest BCUT2D eigenvalue weighted by atomic mass is 19.1. The van der Waals surface area contributed by atoms with Gasteiger partial charge in [0.25, 0.3) is 0 Å². The summed E-state index contributed by atoms with van der Waals surface area (Å²) < 4.78 is 13.6. The second kappa shape index (κ2) is 4.65. The van der Waals surface area contributed by atoms with Crippen molar-refractivity contribution in [3.8, 4) is 0 Å². The number of nitrogens with zero attached hydrogens (tertiary/aromatic N) is 2. The van der Waals surface area contributed by atoms with Crippen LogP contribution in [-0.2, 0) is 0 Å². The molecular weight excluding hydrogens is 225 g/mol. The topological polar surface area (TPSA) is 75.1 Å². The monoisotopic (exact) mass is 239 g/mol. The third-order valence-corrected chi connectivity index (χ3v) is 3.00. The fourth-order valence-corrected chi connectivity index (χ4v) is 1.75. The minimum Gasteiger partial charge on any atom is -0.476 e. The number of rotatable bonds is 5. The molecular formula is C11H14FN3O2. The lowest BCUT2D eigenvalue weighted by Gasteiger charge is -2.33. The molecule has 1 saturated carbocycles. The van der Waals surface area contributed by atoms with Crippen molar-refractivity contribution >= 4 is 11.8 Å². The number of alkyl halides is 1. The van der Waals surface area contributed by atoms with Crippen molar-refractivity contribution in [3.05, 3.63) is 18.1 Å². The van der Waals surface area contributed by atoms with Crippen LogP contribution in [0.2, 0.25) is 0 Å². The Morgan fingerprint density at radius 2 is 2.24 bits per heavy atom. The molecule has 0 amide bonds. The first-order valence-electron chi connectivity index (χ1n) is 5.57. The number of carboxylic acids is 1. The van der Waals surface area contributed by atoms with Gasteiger partial charge >= 0.3 is 5.97 Å². The van der Waals surface area contributed by atoms with Crippen LogP contribution >= 0.6 is 0 Å². The Bertz CT molecular complexity index is 404. The summed E-state index contributed by atoms with van der Waals surface area (Å²) in [7, 11) is 0. The van der Waals surface area contributed by atoms with Crippen molar-refractivity contribution in [2.45, 2.75) is 31.4 Å². The van der Waals surface area contributed by atoms with Crippen LogP contribution in [0.4, 0.5) is 10.2 Å². The molecule has 0 spiro atoms. The van der Waals surface area contributed by atoms with Crippen LogP contribution in [0.15, 0.2) is 12.4 Å². The van der Waals surface area contributed by atoms with Crippen LogP contribution in [0.25, 0.3) is 0 Å². The number of halogens is 1. The van der Waals surface area contributed by atoms with Gasteiger partial charge in [-0.15, -0.1) is 0 Å². The molecule has 1 aliphatic rings. The lowest BCUT2D eigenvalue weighted by Crippen LogP contribution is -2.33. The van der Waals surface area contributed by atoms with Gasteiger partial charge < -0.3 is 10.4 Å². The normalized spacial score (nSPS) is 17.2. The molecule has 1 fully saturated rings. The zero-order valence-electron chi connectivity index (χ0n) is 9.32. The smallest absolute Gasteiger partial charge is 0.356 e. The Kier molecular flexibility index (Phi) is 3.21. The van der Waals surface area contributed by atoms with Crippen molar-refractivity contribution in [1.82, 2.24) is 9.97 Å². The fraction of sp³-hybridized carbons (Fsp3) is 0.545. The third kappa shape index (κ3) is 2.89. The summed E-state index contributed by atoms with van der Waals surface area (Å²) in [5.74, 6) is -0.640. The quantitative estimate of drug-likeness (QED) is 0.820. The molecule has 2 rings (SSSR count). The molecule has 0 bridgehead atoms. The maximum atomic E-state index is 13.6. The van der Waals surface area contributed by atoms with E-state index in [1.807, 2.05) is 0 Å². The van der Waals surface area contributed by atoms with E-state index in [-0.39, 0.29) is 5.69 Å². The summed E-state index contributed by atoms with van der Waals surface area (Å²) in [6.07, 6.45) is 5.21. The summed E-state index contributed by atoms with van der Waals surface area (Å²) in [6.45, 7) is 0.484. The number of nitrogens with one attached hydrogen (secondary N) is 1. The van der Waals surface area contributed by atoms with Crippen LogP contribution in [-0.4, -0.2) is 33.3 Å². The number of anilines is 1. The second-order valence-electron chi connectivity index (χ2n) is 4.27. The predicted molar refractivity (Wildman–Crippen MR) is 59.8 cm³/mol. The van der Waals surface area contributed by atoms with Gasteiger partial charge in [-0.1, -0.05) is 0 Å². The molecule has 1 aliphatic carbocycles. The Labute approximate surface area is 98.1 Å². The van der Waals surface area contributed by atoms with Crippen LogP contribution in [0.1, 0.15) is 36.2 Å². The van der Waals surface area contributed by atoms with Gasteiger partial charge in [-0.05, 0) is 25.7 Å². The molecule has 92 valence electrons. The summed E-state index contributed by atoms with van der Waals surface area (Å²) in [5, 5.41) is 11.6. The Hall–Kier alpha value is -1.72. The van der Waals surface area contributed by atoms with Gasteiger partial charge in [0.15, 0.2) is 5.69 Å². The van der Waals surface area contributed by atoms with E-state index in [0.29, 0.717) is 31.6 Å². The maximum Gasteiger partial charge on any atom is 0.356 e. The highest BCUT2D eigenvalue weighted by Gasteiger charge is 2.36. The number of aromatic carboxylic acids is 1. The zero-order chi connectivity index (χ0) is 12.3. The summed E-state index contributed by atoms with van der Waals surface area (Å²) in [4.78, 5) is 18.1. The second-order valence-corrected chi connectivity index (χ2v) is 4.27. The molecule has 0 atom stereocenters. The Morgan fingerprint density at radius 3 is 2.71 bits per heavy atom. The highest BCUT2D eigenvalue weighted by molar-refractivity contribution is 5.84. The molecule has 1 heterocycles. The predicted octanol–water partition coefficient (Wildman–Crippen LogP) is 1.87. The standard InChI is InChI=1S/C11H14FN3O2/c12-11(2-1-3-11)4-5-13-9-7-14-8(6-15-9)10(16)17/h6-7H,1-5H2,(H,13,15)(H,16,17). The minimum absolute atomic E-state index is 0.100. The van der Waals surface area contributed by atoms with E-state index in [2.05, 4.69) is 15.3 Å². The molecule has 0 saturated heterocycles. The molecule has 17 heavy (non-hydrogen) atoms. The molecule has 0 unspecified atom stereocenters. The van der Waals surface area contributed by atoms with Gasteiger partial charge in [-0.3, -0.25) is 0 Å². The molecule has 1 aromatic rings. The summed E-state index contributed by atoms with van der Waals surface area (Å²) in [5.41, 5.74) is -1.11. The van der Waals surface area contributed by atoms with E-state index < -0.39 is 11.6 Å². The molecule has 2 N–H and O–H groups in total. The van der Waals surface area contributed by atoms with Crippen molar-refractivity contribution in [3.63, 3.8) is 0 Å². The number of hydrogen-bond donors (Lipinski definition) is 2. The van der Waals surface area contributed by atoms with E-state index in [0.717, 1.165) is 6.42 Å². The molecule has 0 aliphatic heterocycles. The van der Waals surface area contributed by atoms with Crippen molar-refractivity contribution in [2.24, 2.45) is 0 Å². The summed E-state index contributed by atoms with van der Waals surface area (Å²) in [6, 6.07) is 0. The SMILES string of the molecule is O=C(O)c1cnc(NCCC2(F)CCC2)cn1. The van der Waals surface area contributed by atoms with Gasteiger partial charge in [-0.25, -0.2) is 19.2 Å². The van der Waals surface area contributed by atoms with E-state index in [1.54, 1.807) is 0 Å². The number of hydrogen-bond acceptors (Lipinski definition) is 4. The lowest BCUT2D eigenvalue weighted by molar-refractivity contribution is 0.0578. The van der Waals surface area contributed by atoms with E-state index in [1.165, 1.54) is 12.4 Å². The largest absolute Gasteiger partial charge is 0.476 e. The first-order valence-corrected chi connectivity index (χ1v) is 5.57. The van der Waals surface area contributed by atoms with Crippen molar-refractivity contribution < 1.29 is 14.3 Å². The van der Waals surface area contributed by atoms with Crippen LogP contribution in [0.3, 0.4) is 0 Å². The van der Waals surface area contributed by atoms with Gasteiger partial charge in [0.1, 0.15) is 11.5 Å². The number of aromatic nitrogens is 2. The fourth-order valence-electron chi connectivity index (χ4n) is 1.75. The highest BCUT2D eigenvalue weighted by Crippen LogP contribution is 2.38. The third-order valence-electron chi connectivity index (χ3n) is 3.00. The average Bonchev–Trinajstić information content (AvgIpc) is 2.27. The van der Waals surface area contributed by atoms with E-state index in [9.17, 15) is 9.18 Å². The number of carboxylic acid groups (broad SMARTS) is 1. The van der Waals surface area contributed by atoms with Crippen LogP contribution in [0, 0.1) is 0 Å². The van der Waals surface area contributed by atoms with Crippen molar-refractivity contribution in [1.29, 1.82) is 0 Å². The first-order chi connectivity index (χ1) is 8.09. The van der Waals surface area contributed by atoms with Gasteiger partial charge in [-0.2, -0.15) is 0 Å². The molecule has 0 aromatic carbocycles.